The highest BCUT2D eigenvalue weighted by atomic mass is 16.3. The van der Waals surface area contributed by atoms with E-state index in [1.165, 1.54) is 0 Å². The molecule has 1 aromatic rings. The number of hydrogen-bond acceptors (Lipinski definition) is 3. The molecule has 10 heavy (non-hydrogen) atoms. The van der Waals surface area contributed by atoms with Crippen LogP contribution in [0.15, 0.2) is 35.6 Å². The number of benzene rings is 1. The predicted molar refractivity (Wildman–Crippen MR) is 39.0 cm³/mol. The van der Waals surface area contributed by atoms with E-state index in [1.54, 1.807) is 0 Å². The molecule has 0 saturated carbocycles. The minimum absolute atomic E-state index is 0.808. The van der Waals surface area contributed by atoms with Crippen LogP contribution in [0.5, 0.6) is 0 Å². The first-order chi connectivity index (χ1) is 4.93. The molecular formula is C6H7N3O. The van der Waals surface area contributed by atoms with Crippen molar-refractivity contribution in [3.05, 3.63) is 35.2 Å². The van der Waals surface area contributed by atoms with Gasteiger partial charge in [0, 0.05) is 0 Å². The lowest BCUT2D eigenvalue weighted by Crippen LogP contribution is -2.12. The van der Waals surface area contributed by atoms with Gasteiger partial charge in [0.1, 0.15) is 0 Å². The Balaban J connectivity index is 2.50. The molecule has 2 N–H and O–H groups in total. The fraction of sp³-hybridized carbons (Fsp3) is 0. The summed E-state index contributed by atoms with van der Waals surface area (Å²) in [4.78, 5) is 9.55. The Labute approximate surface area is 58.2 Å². The van der Waals surface area contributed by atoms with Gasteiger partial charge in [-0.1, -0.05) is 18.2 Å². The van der Waals surface area contributed by atoms with Gasteiger partial charge >= 0.3 is 0 Å². The predicted octanol–water partition coefficient (Wildman–Crippen LogP) is 1.28. The van der Waals surface area contributed by atoms with E-state index in [0.29, 0.717) is 0 Å². The Hall–Kier alpha value is -1.58. The van der Waals surface area contributed by atoms with Crippen LogP contribution in [0.2, 0.25) is 0 Å². The Morgan fingerprint density at radius 3 is 2.50 bits per heavy atom. The molecule has 0 fully saturated rings. The molecule has 4 nitrogen and oxygen atoms in total. The quantitative estimate of drug-likeness (QED) is 0.487. The van der Waals surface area contributed by atoms with E-state index in [-0.39, 0.29) is 0 Å². The second-order valence-electron chi connectivity index (χ2n) is 1.69. The smallest absolute Gasteiger partial charge is 0.0703 e. The zero-order chi connectivity index (χ0) is 7.23. The van der Waals surface area contributed by atoms with E-state index in [9.17, 15) is 4.91 Å². The number of nitrogens with zero attached hydrogens (tertiary/aromatic N) is 1. The number of nitroso groups, excluding NO2 is 1. The van der Waals surface area contributed by atoms with Gasteiger partial charge in [0.2, 0.25) is 0 Å². The summed E-state index contributed by atoms with van der Waals surface area (Å²) < 4.78 is 0. The first kappa shape index (κ1) is 6.54. The van der Waals surface area contributed by atoms with Gasteiger partial charge < -0.3 is 0 Å². The fourth-order valence-corrected chi connectivity index (χ4v) is 0.609. The molecule has 0 amide bonds. The molecule has 0 aliphatic heterocycles. The largest absolute Gasteiger partial charge is 0.283 e. The summed E-state index contributed by atoms with van der Waals surface area (Å²) in [6, 6.07) is 9.24. The van der Waals surface area contributed by atoms with Crippen molar-refractivity contribution in [2.45, 2.75) is 0 Å². The van der Waals surface area contributed by atoms with Gasteiger partial charge in [0.15, 0.2) is 0 Å². The summed E-state index contributed by atoms with van der Waals surface area (Å²) in [6.07, 6.45) is 0. The zero-order valence-corrected chi connectivity index (χ0v) is 5.24. The van der Waals surface area contributed by atoms with Crippen molar-refractivity contribution in [1.29, 1.82) is 0 Å². The maximum absolute atomic E-state index is 9.55. The molecule has 0 aliphatic rings. The van der Waals surface area contributed by atoms with Gasteiger partial charge in [-0.2, -0.15) is 5.53 Å². The van der Waals surface area contributed by atoms with Gasteiger partial charge in [0.05, 0.1) is 11.0 Å². The fourth-order valence-electron chi connectivity index (χ4n) is 0.609. The Morgan fingerprint density at radius 1 is 1.20 bits per heavy atom. The Morgan fingerprint density at radius 2 is 1.90 bits per heavy atom. The third-order valence-electron chi connectivity index (χ3n) is 1.02. The summed E-state index contributed by atoms with van der Waals surface area (Å²) in [5.41, 5.74) is 5.46. The second kappa shape index (κ2) is 3.45. The number of anilines is 1. The van der Waals surface area contributed by atoms with Crippen molar-refractivity contribution < 1.29 is 0 Å². The van der Waals surface area contributed by atoms with Gasteiger partial charge in [-0.05, 0) is 12.1 Å². The zero-order valence-electron chi connectivity index (χ0n) is 5.24. The average molecular weight is 137 g/mol. The number of hydrogen-bond donors (Lipinski definition) is 2. The molecule has 52 valence electrons. The number of para-hydroxylation sites is 1. The molecule has 4 heteroatoms. The molecule has 0 heterocycles. The van der Waals surface area contributed by atoms with Gasteiger partial charge in [-0.25, -0.2) is 0 Å². The first-order valence-electron chi connectivity index (χ1n) is 2.82. The monoisotopic (exact) mass is 137 g/mol. The van der Waals surface area contributed by atoms with Crippen LogP contribution in [-0.2, 0) is 0 Å². The third-order valence-corrected chi connectivity index (χ3v) is 1.02. The van der Waals surface area contributed by atoms with Gasteiger partial charge in [0.25, 0.3) is 0 Å². The molecule has 0 atom stereocenters. The van der Waals surface area contributed by atoms with Crippen LogP contribution >= 0.6 is 0 Å². The molecule has 0 aliphatic carbocycles. The molecule has 0 radical (unpaired) electrons. The van der Waals surface area contributed by atoms with Crippen molar-refractivity contribution in [2.75, 3.05) is 5.43 Å². The van der Waals surface area contributed by atoms with E-state index < -0.39 is 0 Å². The normalized spacial score (nSPS) is 8.40. The van der Waals surface area contributed by atoms with Crippen molar-refractivity contribution in [2.24, 2.45) is 5.29 Å². The highest BCUT2D eigenvalue weighted by Crippen LogP contribution is 2.01. The van der Waals surface area contributed by atoms with Crippen LogP contribution in [0.1, 0.15) is 0 Å². The second-order valence-corrected chi connectivity index (χ2v) is 1.69. The lowest BCUT2D eigenvalue weighted by molar-refractivity contribution is 0.867. The SMILES string of the molecule is O=NNNc1ccccc1. The van der Waals surface area contributed by atoms with Crippen LogP contribution in [-0.4, -0.2) is 0 Å². The van der Waals surface area contributed by atoms with E-state index in [0.717, 1.165) is 5.69 Å². The average Bonchev–Trinajstić information content (AvgIpc) is 2.03. The van der Waals surface area contributed by atoms with E-state index in [2.05, 4.69) is 16.2 Å². The molecule has 0 bridgehead atoms. The first-order valence-corrected chi connectivity index (χ1v) is 2.82. The minimum atomic E-state index is 0.808. The summed E-state index contributed by atoms with van der Waals surface area (Å²) >= 11 is 0. The van der Waals surface area contributed by atoms with Gasteiger partial charge in [-0.3, -0.25) is 5.43 Å². The van der Waals surface area contributed by atoms with Crippen LogP contribution in [0.25, 0.3) is 0 Å². The van der Waals surface area contributed by atoms with E-state index in [1.807, 2.05) is 30.3 Å². The lowest BCUT2D eigenvalue weighted by atomic mass is 10.3. The maximum atomic E-state index is 9.55. The topological polar surface area (TPSA) is 53.5 Å². The van der Waals surface area contributed by atoms with Crippen molar-refractivity contribution in [1.82, 2.24) is 5.53 Å². The van der Waals surface area contributed by atoms with Crippen LogP contribution in [0.4, 0.5) is 5.69 Å². The molecule has 0 spiro atoms. The molecule has 1 rings (SSSR count). The molecule has 1 aromatic carbocycles. The number of nitrogens with one attached hydrogen (secondary N) is 2. The van der Waals surface area contributed by atoms with Crippen molar-refractivity contribution >= 4 is 5.69 Å². The number of hydrazine groups is 1. The lowest BCUT2D eigenvalue weighted by Gasteiger charge is -1.99. The maximum Gasteiger partial charge on any atom is 0.0703 e. The minimum Gasteiger partial charge on any atom is -0.283 e. The molecule has 0 aromatic heterocycles. The summed E-state index contributed by atoms with van der Waals surface area (Å²) in [5.74, 6) is 0. The van der Waals surface area contributed by atoms with E-state index >= 15 is 0 Å². The van der Waals surface area contributed by atoms with E-state index in [4.69, 9.17) is 0 Å². The Kier molecular flexibility index (Phi) is 2.25. The highest BCUT2D eigenvalue weighted by Gasteiger charge is 1.83. The van der Waals surface area contributed by atoms with Gasteiger partial charge in [-0.15, -0.1) is 4.91 Å². The number of rotatable bonds is 3. The van der Waals surface area contributed by atoms with Crippen LogP contribution in [0.3, 0.4) is 0 Å². The van der Waals surface area contributed by atoms with Crippen molar-refractivity contribution in [3.63, 3.8) is 0 Å². The Bertz CT molecular complexity index is 199. The summed E-state index contributed by atoms with van der Waals surface area (Å²) in [7, 11) is 0. The standard InChI is InChI=1S/C6H7N3O/c10-9-8-7-6-4-2-1-3-5-6/h1-5H,(H,7,9)(H,8,10). The van der Waals surface area contributed by atoms with Crippen molar-refractivity contribution in [3.8, 4) is 0 Å². The summed E-state index contributed by atoms with van der Waals surface area (Å²) in [5, 5.41) is 2.42. The third kappa shape index (κ3) is 1.74. The molecule has 0 unspecified atom stereocenters. The van der Waals surface area contributed by atoms with Crippen LogP contribution in [0, 0.1) is 4.91 Å². The molecule has 0 saturated heterocycles. The van der Waals surface area contributed by atoms with Crippen LogP contribution < -0.4 is 11.0 Å². The molecular weight excluding hydrogens is 130 g/mol. The summed E-state index contributed by atoms with van der Waals surface area (Å²) in [6.45, 7) is 0. The highest BCUT2D eigenvalue weighted by molar-refractivity contribution is 5.40.